The summed E-state index contributed by atoms with van der Waals surface area (Å²) >= 11 is 5.19. The third kappa shape index (κ3) is 4.16. The van der Waals surface area contributed by atoms with Gasteiger partial charge in [-0.15, -0.1) is 0 Å². The minimum absolute atomic E-state index is 0.0144. The van der Waals surface area contributed by atoms with Crippen molar-refractivity contribution in [2.24, 2.45) is 0 Å². The zero-order chi connectivity index (χ0) is 21.1. The number of aromatic nitrogens is 1. The molecule has 1 heterocycles. The molecule has 0 saturated carbocycles. The molecule has 6 nitrogen and oxygen atoms in total. The van der Waals surface area contributed by atoms with Crippen LogP contribution >= 0.6 is 12.2 Å². The van der Waals surface area contributed by atoms with Gasteiger partial charge in [-0.05, 0) is 60.6 Å². The summed E-state index contributed by atoms with van der Waals surface area (Å²) in [4.78, 5) is 16.7. The predicted molar refractivity (Wildman–Crippen MR) is 121 cm³/mol. The number of benzene rings is 3. The van der Waals surface area contributed by atoms with Crippen molar-refractivity contribution in [3.63, 3.8) is 0 Å². The van der Waals surface area contributed by atoms with Gasteiger partial charge in [-0.1, -0.05) is 31.2 Å². The average Bonchev–Trinajstić information content (AvgIpc) is 3.17. The van der Waals surface area contributed by atoms with Gasteiger partial charge in [0.15, 0.2) is 10.7 Å². The predicted octanol–water partition coefficient (Wildman–Crippen LogP) is 4.89. The number of fused-ring (bicyclic) bond motifs is 1. The first-order valence-corrected chi connectivity index (χ1v) is 9.84. The quantitative estimate of drug-likeness (QED) is 0.410. The molecule has 7 heteroatoms. The van der Waals surface area contributed by atoms with Crippen molar-refractivity contribution in [1.82, 2.24) is 10.3 Å². The Labute approximate surface area is 178 Å². The topological polar surface area (TPSA) is 87.4 Å². The summed E-state index contributed by atoms with van der Waals surface area (Å²) in [5.41, 5.74) is 4.07. The van der Waals surface area contributed by atoms with E-state index in [4.69, 9.17) is 16.6 Å². The van der Waals surface area contributed by atoms with Crippen LogP contribution in [-0.2, 0) is 6.42 Å². The highest BCUT2D eigenvalue weighted by molar-refractivity contribution is 7.80. The van der Waals surface area contributed by atoms with Crippen LogP contribution in [0.25, 0.3) is 22.6 Å². The van der Waals surface area contributed by atoms with Gasteiger partial charge in [-0.2, -0.15) is 0 Å². The standard InChI is InChI=1S/C23H19N3O3S/c1-2-14-8-11-20-18(12-14)25-22(29-20)17-10-9-16(13-19(17)27)24-23(30)26-21(28)15-6-4-3-5-7-15/h3-13,27H,2H2,1H3,(H2,24,26,28,30). The van der Waals surface area contributed by atoms with E-state index in [1.54, 1.807) is 36.4 Å². The maximum absolute atomic E-state index is 12.2. The van der Waals surface area contributed by atoms with E-state index < -0.39 is 0 Å². The van der Waals surface area contributed by atoms with Gasteiger partial charge in [0.05, 0.1) is 5.56 Å². The van der Waals surface area contributed by atoms with Gasteiger partial charge in [0, 0.05) is 17.3 Å². The largest absolute Gasteiger partial charge is 0.507 e. The normalized spacial score (nSPS) is 10.7. The van der Waals surface area contributed by atoms with Crippen molar-refractivity contribution < 1.29 is 14.3 Å². The number of hydrogen-bond acceptors (Lipinski definition) is 5. The summed E-state index contributed by atoms with van der Waals surface area (Å²) in [5.74, 6) is 0.00795. The van der Waals surface area contributed by atoms with Crippen LogP contribution < -0.4 is 10.6 Å². The number of carbonyl (C=O) groups is 1. The Bertz CT molecular complexity index is 1240. The van der Waals surface area contributed by atoms with Crippen LogP contribution in [0.2, 0.25) is 0 Å². The molecular weight excluding hydrogens is 398 g/mol. The Morgan fingerprint density at radius 2 is 1.90 bits per heavy atom. The van der Waals surface area contributed by atoms with E-state index in [2.05, 4.69) is 22.5 Å². The number of phenolic OH excluding ortho intramolecular Hbond substituents is 1. The van der Waals surface area contributed by atoms with Crippen LogP contribution in [0.1, 0.15) is 22.8 Å². The Morgan fingerprint density at radius 1 is 1.10 bits per heavy atom. The lowest BCUT2D eigenvalue weighted by Gasteiger charge is -2.10. The van der Waals surface area contributed by atoms with Crippen LogP contribution in [-0.4, -0.2) is 21.1 Å². The number of aryl methyl sites for hydroxylation is 1. The van der Waals surface area contributed by atoms with Crippen molar-refractivity contribution in [1.29, 1.82) is 0 Å². The van der Waals surface area contributed by atoms with Gasteiger partial charge >= 0.3 is 0 Å². The number of aromatic hydroxyl groups is 1. The van der Waals surface area contributed by atoms with Crippen molar-refractivity contribution in [2.75, 3.05) is 5.32 Å². The van der Waals surface area contributed by atoms with E-state index in [-0.39, 0.29) is 16.8 Å². The average molecular weight is 417 g/mol. The van der Waals surface area contributed by atoms with Gasteiger partial charge < -0.3 is 14.8 Å². The second-order valence-electron chi connectivity index (χ2n) is 6.68. The fourth-order valence-corrected chi connectivity index (χ4v) is 3.24. The summed E-state index contributed by atoms with van der Waals surface area (Å²) in [6.07, 6.45) is 0.907. The molecule has 150 valence electrons. The van der Waals surface area contributed by atoms with E-state index in [0.717, 1.165) is 17.5 Å². The van der Waals surface area contributed by atoms with Gasteiger partial charge in [0.2, 0.25) is 5.89 Å². The second kappa shape index (κ2) is 8.34. The zero-order valence-electron chi connectivity index (χ0n) is 16.2. The summed E-state index contributed by atoms with van der Waals surface area (Å²) < 4.78 is 5.78. The molecular formula is C23H19N3O3S. The van der Waals surface area contributed by atoms with Crippen LogP contribution in [0, 0.1) is 0 Å². The van der Waals surface area contributed by atoms with Crippen molar-refractivity contribution in [3.8, 4) is 17.2 Å². The summed E-state index contributed by atoms with van der Waals surface area (Å²) in [5, 5.41) is 16.1. The lowest BCUT2D eigenvalue weighted by Crippen LogP contribution is -2.34. The molecule has 0 bridgehead atoms. The second-order valence-corrected chi connectivity index (χ2v) is 7.09. The number of hydrogen-bond donors (Lipinski definition) is 3. The van der Waals surface area contributed by atoms with Crippen molar-refractivity contribution in [3.05, 3.63) is 77.9 Å². The molecule has 0 fully saturated rings. The van der Waals surface area contributed by atoms with Crippen LogP contribution in [0.5, 0.6) is 5.75 Å². The van der Waals surface area contributed by atoms with Crippen molar-refractivity contribution >= 4 is 40.0 Å². The fourth-order valence-electron chi connectivity index (χ4n) is 3.03. The molecule has 3 aromatic carbocycles. The number of anilines is 1. The van der Waals surface area contributed by atoms with E-state index >= 15 is 0 Å². The number of carbonyl (C=O) groups excluding carboxylic acids is 1. The minimum Gasteiger partial charge on any atom is -0.507 e. The molecule has 1 aromatic heterocycles. The Morgan fingerprint density at radius 3 is 2.63 bits per heavy atom. The Hall–Kier alpha value is -3.71. The highest BCUT2D eigenvalue weighted by Gasteiger charge is 2.14. The number of rotatable bonds is 4. The van der Waals surface area contributed by atoms with Crippen LogP contribution in [0.15, 0.2) is 71.1 Å². The molecule has 3 N–H and O–H groups in total. The van der Waals surface area contributed by atoms with Crippen LogP contribution in [0.4, 0.5) is 5.69 Å². The van der Waals surface area contributed by atoms with E-state index in [1.165, 1.54) is 6.07 Å². The monoisotopic (exact) mass is 417 g/mol. The smallest absolute Gasteiger partial charge is 0.257 e. The molecule has 0 unspecified atom stereocenters. The lowest BCUT2D eigenvalue weighted by molar-refractivity contribution is 0.0977. The fraction of sp³-hybridized carbons (Fsp3) is 0.0870. The van der Waals surface area contributed by atoms with Gasteiger partial charge in [0.1, 0.15) is 11.3 Å². The number of oxazole rings is 1. The highest BCUT2D eigenvalue weighted by Crippen LogP contribution is 2.33. The van der Waals surface area contributed by atoms with Crippen molar-refractivity contribution in [2.45, 2.75) is 13.3 Å². The van der Waals surface area contributed by atoms with Crippen LogP contribution in [0.3, 0.4) is 0 Å². The number of phenols is 1. The van der Waals surface area contributed by atoms with E-state index in [1.807, 2.05) is 24.3 Å². The lowest BCUT2D eigenvalue weighted by atomic mass is 10.1. The summed E-state index contributed by atoms with van der Waals surface area (Å²) in [6, 6.07) is 19.5. The molecule has 0 radical (unpaired) electrons. The van der Waals surface area contributed by atoms with E-state index in [0.29, 0.717) is 28.3 Å². The molecule has 1 amide bonds. The first-order valence-electron chi connectivity index (χ1n) is 9.43. The highest BCUT2D eigenvalue weighted by atomic mass is 32.1. The number of nitrogens with one attached hydrogen (secondary N) is 2. The molecule has 4 rings (SSSR count). The molecule has 0 saturated heterocycles. The molecule has 0 aliphatic heterocycles. The Balaban J connectivity index is 1.49. The summed E-state index contributed by atoms with van der Waals surface area (Å²) in [6.45, 7) is 2.08. The maximum Gasteiger partial charge on any atom is 0.257 e. The molecule has 4 aromatic rings. The molecule has 0 spiro atoms. The molecule has 0 aliphatic rings. The molecule has 0 aliphatic carbocycles. The zero-order valence-corrected chi connectivity index (χ0v) is 17.0. The number of thiocarbonyl (C=S) groups is 1. The number of nitrogens with zero attached hydrogens (tertiary/aromatic N) is 1. The SMILES string of the molecule is CCc1ccc2oc(-c3ccc(NC(=S)NC(=O)c4ccccc4)cc3O)nc2c1. The third-order valence-corrected chi connectivity index (χ3v) is 4.81. The first-order chi connectivity index (χ1) is 14.5. The van der Waals surface area contributed by atoms with E-state index in [9.17, 15) is 9.90 Å². The first kappa shape index (κ1) is 19.6. The maximum atomic E-state index is 12.2. The summed E-state index contributed by atoms with van der Waals surface area (Å²) in [7, 11) is 0. The Kier molecular flexibility index (Phi) is 5.45. The number of amides is 1. The minimum atomic E-state index is -0.313. The molecule has 30 heavy (non-hydrogen) atoms. The third-order valence-electron chi connectivity index (χ3n) is 4.61. The van der Waals surface area contributed by atoms with Gasteiger partial charge in [-0.25, -0.2) is 4.98 Å². The van der Waals surface area contributed by atoms with Gasteiger partial charge in [-0.3, -0.25) is 10.1 Å². The van der Waals surface area contributed by atoms with Gasteiger partial charge in [0.25, 0.3) is 5.91 Å². The molecule has 0 atom stereocenters.